The van der Waals surface area contributed by atoms with E-state index in [0.717, 1.165) is 10.5 Å². The molecule has 0 aliphatic rings. The highest BCUT2D eigenvalue weighted by Crippen LogP contribution is 2.29. The normalized spacial score (nSPS) is 11.4. The van der Waals surface area contributed by atoms with E-state index in [-0.39, 0.29) is 6.61 Å². The average Bonchev–Trinajstić information content (AvgIpc) is 2.82. The molecule has 0 saturated carbocycles. The summed E-state index contributed by atoms with van der Waals surface area (Å²) in [5, 5.41) is 12.0. The number of aliphatic hydroxyl groups excluding tert-OH is 1. The van der Waals surface area contributed by atoms with Crippen LogP contribution in [0.1, 0.15) is 5.01 Å². The summed E-state index contributed by atoms with van der Waals surface area (Å²) in [5.74, 6) is 0. The van der Waals surface area contributed by atoms with Crippen molar-refractivity contribution < 1.29 is 9.84 Å². The second-order valence-electron chi connectivity index (χ2n) is 4.02. The maximum atomic E-state index is 8.68. The van der Waals surface area contributed by atoms with E-state index >= 15 is 0 Å². The summed E-state index contributed by atoms with van der Waals surface area (Å²) in [6, 6.07) is 12.5. The Bertz CT molecular complexity index is 678. The molecule has 1 heterocycles. The molecule has 0 aliphatic heterocycles. The first-order valence-corrected chi connectivity index (χ1v) is 6.66. The second-order valence-corrected chi connectivity index (χ2v) is 5.13. The van der Waals surface area contributed by atoms with Crippen molar-refractivity contribution in [1.29, 1.82) is 0 Å². The first-order chi connectivity index (χ1) is 8.88. The zero-order valence-electron chi connectivity index (χ0n) is 9.80. The summed E-state index contributed by atoms with van der Waals surface area (Å²) in [4.78, 5) is 4.62. The molecule has 3 rings (SSSR count). The van der Waals surface area contributed by atoms with E-state index in [2.05, 4.69) is 29.2 Å². The van der Waals surface area contributed by atoms with Gasteiger partial charge in [0.1, 0.15) is 5.01 Å². The minimum absolute atomic E-state index is 0.0494. The SMILES string of the molecule is OCCOCc1nc2c(ccc3ccccc32)s1. The number of hydrogen-bond acceptors (Lipinski definition) is 4. The molecule has 18 heavy (non-hydrogen) atoms. The van der Waals surface area contributed by atoms with Crippen LogP contribution in [0.3, 0.4) is 0 Å². The second kappa shape index (κ2) is 5.02. The van der Waals surface area contributed by atoms with Crippen LogP contribution < -0.4 is 0 Å². The molecule has 2 aromatic carbocycles. The van der Waals surface area contributed by atoms with Gasteiger partial charge < -0.3 is 9.84 Å². The number of rotatable bonds is 4. The van der Waals surface area contributed by atoms with Gasteiger partial charge in [0.15, 0.2) is 0 Å². The van der Waals surface area contributed by atoms with Crippen molar-refractivity contribution in [2.24, 2.45) is 0 Å². The molecule has 4 heteroatoms. The Labute approximate surface area is 109 Å². The molecule has 0 bridgehead atoms. The minimum atomic E-state index is 0.0494. The van der Waals surface area contributed by atoms with Crippen LogP contribution in [0.2, 0.25) is 0 Å². The summed E-state index contributed by atoms with van der Waals surface area (Å²) in [6.45, 7) is 0.874. The fourth-order valence-corrected chi connectivity index (χ4v) is 2.91. The van der Waals surface area contributed by atoms with Gasteiger partial charge >= 0.3 is 0 Å². The molecule has 0 atom stereocenters. The number of benzene rings is 2. The van der Waals surface area contributed by atoms with Crippen LogP contribution in [-0.4, -0.2) is 23.3 Å². The number of nitrogens with zero attached hydrogens (tertiary/aromatic N) is 1. The lowest BCUT2D eigenvalue weighted by atomic mass is 10.1. The van der Waals surface area contributed by atoms with E-state index in [1.54, 1.807) is 11.3 Å². The van der Waals surface area contributed by atoms with Crippen LogP contribution in [-0.2, 0) is 11.3 Å². The predicted molar refractivity (Wildman–Crippen MR) is 73.9 cm³/mol. The van der Waals surface area contributed by atoms with Gasteiger partial charge in [-0.25, -0.2) is 4.98 Å². The Morgan fingerprint density at radius 3 is 2.94 bits per heavy atom. The number of fused-ring (bicyclic) bond motifs is 3. The first-order valence-electron chi connectivity index (χ1n) is 5.84. The summed E-state index contributed by atoms with van der Waals surface area (Å²) in [5.41, 5.74) is 1.04. The lowest BCUT2D eigenvalue weighted by Gasteiger charge is -1.97. The molecule has 92 valence electrons. The average molecular weight is 259 g/mol. The number of aromatic nitrogens is 1. The standard InChI is InChI=1S/C14H13NO2S/c16-7-8-17-9-13-15-14-11-4-2-1-3-10(11)5-6-12(14)18-13/h1-6,16H,7-9H2. The zero-order valence-corrected chi connectivity index (χ0v) is 10.6. The van der Waals surface area contributed by atoms with E-state index < -0.39 is 0 Å². The summed E-state index contributed by atoms with van der Waals surface area (Å²) in [6.07, 6.45) is 0. The van der Waals surface area contributed by atoms with Gasteiger partial charge in [-0.05, 0) is 11.5 Å². The van der Waals surface area contributed by atoms with Gasteiger partial charge in [0.25, 0.3) is 0 Å². The van der Waals surface area contributed by atoms with Crippen molar-refractivity contribution in [2.75, 3.05) is 13.2 Å². The van der Waals surface area contributed by atoms with E-state index in [1.807, 2.05) is 12.1 Å². The maximum Gasteiger partial charge on any atom is 0.120 e. The van der Waals surface area contributed by atoms with Crippen molar-refractivity contribution in [2.45, 2.75) is 6.61 Å². The van der Waals surface area contributed by atoms with Gasteiger partial charge in [-0.3, -0.25) is 0 Å². The lowest BCUT2D eigenvalue weighted by Crippen LogP contribution is -1.98. The van der Waals surface area contributed by atoms with E-state index in [4.69, 9.17) is 9.84 Å². The number of ether oxygens (including phenoxy) is 1. The van der Waals surface area contributed by atoms with Crippen molar-refractivity contribution in [1.82, 2.24) is 4.98 Å². The third-order valence-electron chi connectivity index (χ3n) is 2.79. The molecule has 1 N–H and O–H groups in total. The summed E-state index contributed by atoms with van der Waals surface area (Å²) in [7, 11) is 0. The molecule has 3 aromatic rings. The van der Waals surface area contributed by atoms with Gasteiger partial charge in [-0.1, -0.05) is 30.3 Å². The fourth-order valence-electron chi connectivity index (χ4n) is 1.99. The maximum absolute atomic E-state index is 8.68. The van der Waals surface area contributed by atoms with Crippen LogP contribution in [0.4, 0.5) is 0 Å². The van der Waals surface area contributed by atoms with Crippen LogP contribution in [0.15, 0.2) is 36.4 Å². The van der Waals surface area contributed by atoms with E-state index in [9.17, 15) is 0 Å². The molecule has 0 saturated heterocycles. The third kappa shape index (κ3) is 2.10. The summed E-state index contributed by atoms with van der Waals surface area (Å²) >= 11 is 1.64. The van der Waals surface area contributed by atoms with E-state index in [1.165, 1.54) is 15.5 Å². The first kappa shape index (κ1) is 11.6. The minimum Gasteiger partial charge on any atom is -0.394 e. The van der Waals surface area contributed by atoms with Crippen molar-refractivity contribution >= 4 is 32.3 Å². The van der Waals surface area contributed by atoms with Crippen molar-refractivity contribution in [3.63, 3.8) is 0 Å². The molecule has 1 aromatic heterocycles. The number of hydrogen-bond donors (Lipinski definition) is 1. The molecular formula is C14H13NO2S. The Balaban J connectivity index is 2.03. The predicted octanol–water partition coefficient (Wildman–Crippen LogP) is 2.96. The molecule has 0 unspecified atom stereocenters. The topological polar surface area (TPSA) is 42.4 Å². The van der Waals surface area contributed by atoms with Gasteiger partial charge in [0.2, 0.25) is 0 Å². The number of aliphatic hydroxyl groups is 1. The Morgan fingerprint density at radius 1 is 1.17 bits per heavy atom. The smallest absolute Gasteiger partial charge is 0.120 e. The summed E-state index contributed by atoms with van der Waals surface area (Å²) < 4.78 is 6.49. The Kier molecular flexibility index (Phi) is 3.23. The van der Waals surface area contributed by atoms with Crippen LogP contribution >= 0.6 is 11.3 Å². The van der Waals surface area contributed by atoms with Crippen molar-refractivity contribution in [3.8, 4) is 0 Å². The fraction of sp³-hybridized carbons (Fsp3) is 0.214. The Hall–Kier alpha value is -1.49. The monoisotopic (exact) mass is 259 g/mol. The van der Waals surface area contributed by atoms with Gasteiger partial charge in [0, 0.05) is 5.39 Å². The third-order valence-corrected chi connectivity index (χ3v) is 3.78. The molecule has 3 nitrogen and oxygen atoms in total. The lowest BCUT2D eigenvalue weighted by molar-refractivity contribution is 0.0815. The molecule has 0 fully saturated rings. The van der Waals surface area contributed by atoms with Crippen molar-refractivity contribution in [3.05, 3.63) is 41.4 Å². The molecule has 0 radical (unpaired) electrons. The van der Waals surface area contributed by atoms with Gasteiger partial charge in [-0.15, -0.1) is 11.3 Å². The number of thiazole rings is 1. The highest BCUT2D eigenvalue weighted by molar-refractivity contribution is 7.18. The molecule has 0 aliphatic carbocycles. The Morgan fingerprint density at radius 2 is 2.06 bits per heavy atom. The molecule has 0 spiro atoms. The highest BCUT2D eigenvalue weighted by Gasteiger charge is 2.07. The van der Waals surface area contributed by atoms with Gasteiger partial charge in [0.05, 0.1) is 30.0 Å². The largest absolute Gasteiger partial charge is 0.394 e. The van der Waals surface area contributed by atoms with E-state index in [0.29, 0.717) is 13.2 Å². The molecule has 0 amide bonds. The van der Waals surface area contributed by atoms with Crippen LogP contribution in [0, 0.1) is 0 Å². The van der Waals surface area contributed by atoms with Gasteiger partial charge in [-0.2, -0.15) is 0 Å². The highest BCUT2D eigenvalue weighted by atomic mass is 32.1. The van der Waals surface area contributed by atoms with Crippen LogP contribution in [0.5, 0.6) is 0 Å². The van der Waals surface area contributed by atoms with Crippen LogP contribution in [0.25, 0.3) is 21.0 Å². The quantitative estimate of drug-likeness (QED) is 0.732. The molecular weight excluding hydrogens is 246 g/mol. The zero-order chi connectivity index (χ0) is 12.4.